The highest BCUT2D eigenvalue weighted by Gasteiger charge is 2.45. The first-order chi connectivity index (χ1) is 22.1. The van der Waals surface area contributed by atoms with Crippen molar-refractivity contribution in [1.29, 1.82) is 0 Å². The minimum atomic E-state index is -1.68. The van der Waals surface area contributed by atoms with Crippen LogP contribution in [0.2, 0.25) is 0 Å². The average Bonchev–Trinajstić information content (AvgIpc) is 3.03. The van der Waals surface area contributed by atoms with E-state index in [0.717, 1.165) is 33.6 Å². The molecule has 0 aromatic heterocycles. The molecule has 0 saturated carbocycles. The summed E-state index contributed by atoms with van der Waals surface area (Å²) in [5.41, 5.74) is 2.71. The second-order valence-corrected chi connectivity index (χ2v) is 15.9. The summed E-state index contributed by atoms with van der Waals surface area (Å²) in [7, 11) is 0. The second-order valence-electron chi connectivity index (χ2n) is 13.8. The monoisotopic (exact) mass is 682 g/mol. The van der Waals surface area contributed by atoms with E-state index in [1.165, 1.54) is 24.6 Å². The zero-order valence-electron chi connectivity index (χ0n) is 29.6. The lowest BCUT2D eigenvalue weighted by Gasteiger charge is -2.41. The number of hydrogen-bond donors (Lipinski definition) is 2. The Bertz CT molecular complexity index is 1500. The first-order valence-corrected chi connectivity index (χ1v) is 18.7. The SMILES string of the molecule is CCC(C)C1(CCC2=CCC(O)C=C2)CC(O)=C(Sc2cc(C)c(OS(=O)c3ccc(C)cc3)cc2C(C)(C)C)C(=O)O1.CCCC. The van der Waals surface area contributed by atoms with E-state index in [1.807, 2.05) is 50.3 Å². The molecule has 2 aromatic rings. The van der Waals surface area contributed by atoms with Crippen LogP contribution in [0.3, 0.4) is 0 Å². The number of benzene rings is 2. The number of rotatable bonds is 11. The summed E-state index contributed by atoms with van der Waals surface area (Å²) in [4.78, 5) is 15.2. The molecule has 4 rings (SSSR count). The third kappa shape index (κ3) is 10.3. The molecular formula is C39H54O6S2. The lowest BCUT2D eigenvalue weighted by molar-refractivity contribution is -0.165. The molecule has 2 aromatic carbocycles. The molecule has 0 saturated heterocycles. The van der Waals surface area contributed by atoms with Gasteiger partial charge in [-0.1, -0.05) is 115 Å². The van der Waals surface area contributed by atoms with Gasteiger partial charge in [0, 0.05) is 11.3 Å². The van der Waals surface area contributed by atoms with Gasteiger partial charge >= 0.3 is 5.97 Å². The normalized spacial score (nSPS) is 20.9. The Labute approximate surface area is 289 Å². The molecule has 0 bridgehead atoms. The quantitative estimate of drug-likeness (QED) is 0.228. The topological polar surface area (TPSA) is 93.1 Å². The number of carbonyl (C=O) groups is 1. The smallest absolute Gasteiger partial charge is 0.349 e. The van der Waals surface area contributed by atoms with Crippen LogP contribution in [0, 0.1) is 19.8 Å². The number of aryl methyl sites for hydroxylation is 2. The highest BCUT2D eigenvalue weighted by Crippen LogP contribution is 2.47. The van der Waals surface area contributed by atoms with Gasteiger partial charge in [-0.2, -0.15) is 0 Å². The summed E-state index contributed by atoms with van der Waals surface area (Å²) in [6.07, 6.45) is 10.8. The van der Waals surface area contributed by atoms with E-state index in [2.05, 4.69) is 48.5 Å². The van der Waals surface area contributed by atoms with E-state index >= 15 is 0 Å². The fraction of sp³-hybridized carbons (Fsp3) is 0.513. The molecule has 6 nitrogen and oxygen atoms in total. The number of carbonyl (C=O) groups excluding carboxylic acids is 1. The van der Waals surface area contributed by atoms with Crippen LogP contribution in [0.4, 0.5) is 0 Å². The number of thioether (sulfide) groups is 1. The third-order valence-corrected chi connectivity index (χ3v) is 11.0. The van der Waals surface area contributed by atoms with Crippen molar-refractivity contribution in [2.75, 3.05) is 0 Å². The minimum Gasteiger partial charge on any atom is -0.511 e. The maximum Gasteiger partial charge on any atom is 0.349 e. The van der Waals surface area contributed by atoms with Gasteiger partial charge in [-0.15, -0.1) is 0 Å². The molecule has 2 aliphatic rings. The molecule has 0 spiro atoms. The molecule has 1 aliphatic carbocycles. The molecule has 8 heteroatoms. The molecule has 4 unspecified atom stereocenters. The van der Waals surface area contributed by atoms with Crippen molar-refractivity contribution < 1.29 is 28.1 Å². The van der Waals surface area contributed by atoms with Crippen LogP contribution in [-0.4, -0.2) is 32.1 Å². The van der Waals surface area contributed by atoms with Crippen molar-refractivity contribution in [2.24, 2.45) is 5.92 Å². The second kappa shape index (κ2) is 17.0. The number of aliphatic hydroxyl groups excluding tert-OH is 2. The Kier molecular flexibility index (Phi) is 14.0. The predicted octanol–water partition coefficient (Wildman–Crippen LogP) is 10.1. The van der Waals surface area contributed by atoms with Gasteiger partial charge in [-0.25, -0.2) is 9.00 Å². The maximum absolute atomic E-state index is 13.6. The van der Waals surface area contributed by atoms with E-state index in [9.17, 15) is 19.2 Å². The first kappa shape index (κ1) is 38.6. The van der Waals surface area contributed by atoms with Crippen LogP contribution in [0.1, 0.15) is 110 Å². The number of unbranched alkanes of at least 4 members (excludes halogenated alkanes) is 1. The Balaban J connectivity index is 0.00000142. The fourth-order valence-electron chi connectivity index (χ4n) is 5.39. The highest BCUT2D eigenvalue weighted by atomic mass is 32.2. The van der Waals surface area contributed by atoms with E-state index < -0.39 is 28.8 Å². The van der Waals surface area contributed by atoms with Crippen molar-refractivity contribution in [1.82, 2.24) is 0 Å². The van der Waals surface area contributed by atoms with Crippen molar-refractivity contribution >= 4 is 28.8 Å². The van der Waals surface area contributed by atoms with Crippen LogP contribution in [0.25, 0.3) is 0 Å². The summed E-state index contributed by atoms with van der Waals surface area (Å²) < 4.78 is 25.2. The summed E-state index contributed by atoms with van der Waals surface area (Å²) in [5.74, 6) is 0.0773. The van der Waals surface area contributed by atoms with Gasteiger partial charge in [-0.3, -0.25) is 0 Å². The molecule has 0 radical (unpaired) electrons. The molecule has 4 atom stereocenters. The van der Waals surface area contributed by atoms with Crippen LogP contribution < -0.4 is 4.18 Å². The number of allylic oxidation sites excluding steroid dienone is 2. The molecule has 0 fully saturated rings. The molecular weight excluding hydrogens is 629 g/mol. The van der Waals surface area contributed by atoms with Gasteiger partial charge in [0.25, 0.3) is 0 Å². The zero-order chi connectivity index (χ0) is 34.9. The van der Waals surface area contributed by atoms with Crippen LogP contribution in [0.5, 0.6) is 5.75 Å². The largest absolute Gasteiger partial charge is 0.511 e. The molecule has 0 amide bonds. The summed E-state index contributed by atoms with van der Waals surface area (Å²) in [5, 5.41) is 21.1. The number of esters is 1. The standard InChI is InChI=1S/C35H44O6S2.C4H10/c1-8-24(4)35(18-17-25-11-13-26(36)14-12-25)21-29(37)32(33(38)40-35)42-31-19-23(3)30(20-28(31)34(5,6)7)41-43(39)27-15-9-22(2)10-16-27;1-3-4-2/h9-13,15-16,19-20,24,26,36-37H,8,14,17-18,21H2,1-7H3;3-4H2,1-2H3. The Morgan fingerprint density at radius 1 is 1.11 bits per heavy atom. The Morgan fingerprint density at radius 2 is 1.77 bits per heavy atom. The van der Waals surface area contributed by atoms with Gasteiger partial charge in [0.2, 0.25) is 11.1 Å². The van der Waals surface area contributed by atoms with Gasteiger partial charge in [0.05, 0.1) is 11.0 Å². The first-order valence-electron chi connectivity index (χ1n) is 16.8. The van der Waals surface area contributed by atoms with Gasteiger partial charge < -0.3 is 19.1 Å². The van der Waals surface area contributed by atoms with E-state index in [-0.39, 0.29) is 28.4 Å². The Morgan fingerprint density at radius 3 is 2.30 bits per heavy atom. The van der Waals surface area contributed by atoms with E-state index in [4.69, 9.17) is 8.92 Å². The fourth-order valence-corrected chi connectivity index (χ4v) is 7.43. The van der Waals surface area contributed by atoms with Gasteiger partial charge in [0.1, 0.15) is 22.0 Å². The summed E-state index contributed by atoms with van der Waals surface area (Å²) in [6.45, 7) is 18.5. The van der Waals surface area contributed by atoms with Crippen molar-refractivity contribution in [2.45, 2.75) is 134 Å². The zero-order valence-corrected chi connectivity index (χ0v) is 31.3. The van der Waals surface area contributed by atoms with Crippen LogP contribution >= 0.6 is 11.8 Å². The van der Waals surface area contributed by atoms with Crippen molar-refractivity contribution in [3.63, 3.8) is 0 Å². The Hall–Kier alpha value is -2.81. The lowest BCUT2D eigenvalue weighted by atomic mass is 9.77. The summed E-state index contributed by atoms with van der Waals surface area (Å²) in [6, 6.07) is 11.2. The number of aliphatic hydroxyl groups is 2. The third-order valence-electron chi connectivity index (χ3n) is 8.89. The van der Waals surface area contributed by atoms with Crippen LogP contribution in [-0.2, 0) is 26.0 Å². The summed E-state index contributed by atoms with van der Waals surface area (Å²) >= 11 is -0.470. The van der Waals surface area contributed by atoms with Gasteiger partial charge in [0.15, 0.2) is 0 Å². The van der Waals surface area contributed by atoms with Gasteiger partial charge in [-0.05, 0) is 86.3 Å². The van der Waals surface area contributed by atoms with Crippen molar-refractivity contribution in [3.05, 3.63) is 87.6 Å². The molecule has 2 N–H and O–H groups in total. The average molecular weight is 683 g/mol. The number of cyclic esters (lactones) is 1. The predicted molar refractivity (Wildman–Crippen MR) is 194 cm³/mol. The molecule has 258 valence electrons. The highest BCUT2D eigenvalue weighted by molar-refractivity contribution is 8.04. The minimum absolute atomic E-state index is 0.0436. The number of ether oxygens (including phenoxy) is 1. The molecule has 47 heavy (non-hydrogen) atoms. The van der Waals surface area contributed by atoms with Crippen LogP contribution in [0.15, 0.2) is 80.7 Å². The number of hydrogen-bond acceptors (Lipinski definition) is 7. The van der Waals surface area contributed by atoms with E-state index in [1.54, 1.807) is 18.2 Å². The maximum atomic E-state index is 13.6. The van der Waals surface area contributed by atoms with Crippen molar-refractivity contribution in [3.8, 4) is 5.75 Å². The molecule has 1 heterocycles. The lowest BCUT2D eigenvalue weighted by Crippen LogP contribution is -2.45. The van der Waals surface area contributed by atoms with E-state index in [0.29, 0.717) is 29.9 Å². The molecule has 1 aliphatic heterocycles.